The van der Waals surface area contributed by atoms with Crippen LogP contribution >= 0.6 is 0 Å². The van der Waals surface area contributed by atoms with Gasteiger partial charge in [0.15, 0.2) is 0 Å². The number of nitrogens with two attached hydrogens (primary N) is 2. The molecule has 174 valence electrons. The largest absolute Gasteiger partial charge is 0.480 e. The molecule has 0 radical (unpaired) electrons. The standard InChI is InChI=1S/C18H31N7O6/c1-10(20)15(27)23-12(4-2-3-5-19)16(28)25-14(8-26)17(29)24-13(18(30)31)6-11-7-21-9-22-11/h7,9-10,12-14,26H,2-6,8,19-20H2,1H3,(H,21,22)(H,23,27)(H,24,29)(H,25,28)(H,30,31). The molecule has 4 atom stereocenters. The number of rotatable bonds is 14. The molecule has 31 heavy (non-hydrogen) atoms. The number of aromatic nitrogens is 2. The summed E-state index contributed by atoms with van der Waals surface area (Å²) in [5.74, 6) is -3.44. The first-order chi connectivity index (χ1) is 14.7. The maximum Gasteiger partial charge on any atom is 0.326 e. The normalized spacial score (nSPS) is 14.7. The van der Waals surface area contributed by atoms with Gasteiger partial charge in [-0.15, -0.1) is 0 Å². The number of hydrogen-bond acceptors (Lipinski definition) is 8. The van der Waals surface area contributed by atoms with E-state index in [4.69, 9.17) is 11.5 Å². The van der Waals surface area contributed by atoms with Crippen LogP contribution in [-0.2, 0) is 25.6 Å². The summed E-state index contributed by atoms with van der Waals surface area (Å²) in [6.07, 6.45) is 4.12. The van der Waals surface area contributed by atoms with E-state index in [1.807, 2.05) is 0 Å². The van der Waals surface area contributed by atoms with E-state index in [9.17, 15) is 29.4 Å². The van der Waals surface area contributed by atoms with Crippen molar-refractivity contribution < 1.29 is 29.4 Å². The quantitative estimate of drug-likeness (QED) is 0.137. The van der Waals surface area contributed by atoms with Gasteiger partial charge < -0.3 is 42.6 Å². The topological polar surface area (TPSA) is 226 Å². The average Bonchev–Trinajstić information content (AvgIpc) is 3.23. The van der Waals surface area contributed by atoms with E-state index in [2.05, 4.69) is 25.9 Å². The average molecular weight is 441 g/mol. The minimum Gasteiger partial charge on any atom is -0.480 e. The zero-order valence-corrected chi connectivity index (χ0v) is 17.3. The van der Waals surface area contributed by atoms with Crippen LogP contribution in [0.15, 0.2) is 12.5 Å². The maximum absolute atomic E-state index is 12.6. The van der Waals surface area contributed by atoms with Crippen LogP contribution in [0.2, 0.25) is 0 Å². The lowest BCUT2D eigenvalue weighted by atomic mass is 10.1. The van der Waals surface area contributed by atoms with Crippen LogP contribution in [0.5, 0.6) is 0 Å². The number of aromatic amines is 1. The van der Waals surface area contributed by atoms with E-state index in [0.717, 1.165) is 0 Å². The minimum absolute atomic E-state index is 0.0701. The second-order valence-corrected chi connectivity index (χ2v) is 7.06. The number of unbranched alkanes of at least 4 members (excludes halogenated alkanes) is 1. The molecule has 4 unspecified atom stereocenters. The van der Waals surface area contributed by atoms with Crippen molar-refractivity contribution in [3.05, 3.63) is 18.2 Å². The van der Waals surface area contributed by atoms with Gasteiger partial charge in [0.25, 0.3) is 0 Å². The number of imidazole rings is 1. The van der Waals surface area contributed by atoms with Crippen LogP contribution in [0, 0.1) is 0 Å². The Hall–Kier alpha value is -3.03. The molecule has 3 amide bonds. The molecule has 0 aromatic carbocycles. The Kier molecular flexibility index (Phi) is 11.2. The highest BCUT2D eigenvalue weighted by atomic mass is 16.4. The second kappa shape index (κ2) is 13.3. The van der Waals surface area contributed by atoms with Crippen molar-refractivity contribution in [2.24, 2.45) is 11.5 Å². The van der Waals surface area contributed by atoms with Gasteiger partial charge in [-0.05, 0) is 32.7 Å². The molecule has 13 heteroatoms. The zero-order valence-electron chi connectivity index (χ0n) is 17.3. The smallest absolute Gasteiger partial charge is 0.326 e. The lowest BCUT2D eigenvalue weighted by Gasteiger charge is -2.24. The molecule has 0 saturated carbocycles. The van der Waals surface area contributed by atoms with Crippen molar-refractivity contribution in [3.63, 3.8) is 0 Å². The summed E-state index contributed by atoms with van der Waals surface area (Å²) in [7, 11) is 0. The molecule has 1 rings (SSSR count). The van der Waals surface area contributed by atoms with Gasteiger partial charge in [0.05, 0.1) is 19.0 Å². The van der Waals surface area contributed by atoms with E-state index in [-0.39, 0.29) is 12.8 Å². The Bertz CT molecular complexity index is 725. The number of amides is 3. The molecule has 0 fully saturated rings. The molecular weight excluding hydrogens is 410 g/mol. The SMILES string of the molecule is CC(N)C(=O)NC(CCCCN)C(=O)NC(CO)C(=O)NC(Cc1cnc[nH]1)C(=O)O. The molecule has 0 bridgehead atoms. The number of aliphatic hydroxyl groups excluding tert-OH is 1. The van der Waals surface area contributed by atoms with Gasteiger partial charge in [0, 0.05) is 18.3 Å². The summed E-state index contributed by atoms with van der Waals surface area (Å²) in [6.45, 7) is 1.09. The lowest BCUT2D eigenvalue weighted by molar-refractivity contribution is -0.142. The van der Waals surface area contributed by atoms with Gasteiger partial charge >= 0.3 is 5.97 Å². The van der Waals surface area contributed by atoms with Crippen LogP contribution in [0.25, 0.3) is 0 Å². The molecule has 10 N–H and O–H groups in total. The van der Waals surface area contributed by atoms with Crippen molar-refractivity contribution in [2.75, 3.05) is 13.2 Å². The van der Waals surface area contributed by atoms with E-state index in [0.29, 0.717) is 25.1 Å². The number of hydrogen-bond donors (Lipinski definition) is 8. The van der Waals surface area contributed by atoms with Crippen molar-refractivity contribution in [1.29, 1.82) is 0 Å². The summed E-state index contributed by atoms with van der Waals surface area (Å²) < 4.78 is 0. The summed E-state index contributed by atoms with van der Waals surface area (Å²) in [5.41, 5.74) is 11.5. The first-order valence-electron chi connectivity index (χ1n) is 9.87. The molecule has 1 aromatic rings. The van der Waals surface area contributed by atoms with Gasteiger partial charge in [0.2, 0.25) is 17.7 Å². The highest BCUT2D eigenvalue weighted by Gasteiger charge is 2.29. The van der Waals surface area contributed by atoms with Crippen molar-refractivity contribution in [2.45, 2.75) is 56.8 Å². The highest BCUT2D eigenvalue weighted by molar-refractivity contribution is 5.94. The Morgan fingerprint density at radius 2 is 1.68 bits per heavy atom. The Labute approximate surface area is 179 Å². The number of nitrogens with one attached hydrogen (secondary N) is 4. The maximum atomic E-state index is 12.6. The van der Waals surface area contributed by atoms with Crippen LogP contribution in [0.3, 0.4) is 0 Å². The molecule has 1 aromatic heterocycles. The second-order valence-electron chi connectivity index (χ2n) is 7.06. The third-order valence-corrected chi connectivity index (χ3v) is 4.40. The Morgan fingerprint density at radius 1 is 1.06 bits per heavy atom. The molecule has 0 aliphatic heterocycles. The van der Waals surface area contributed by atoms with Crippen molar-refractivity contribution >= 4 is 23.7 Å². The molecule has 13 nitrogen and oxygen atoms in total. The number of aliphatic hydroxyl groups is 1. The van der Waals surface area contributed by atoms with E-state index in [1.165, 1.54) is 19.4 Å². The third kappa shape index (κ3) is 9.11. The van der Waals surface area contributed by atoms with Gasteiger partial charge in [-0.1, -0.05) is 0 Å². The van der Waals surface area contributed by atoms with Crippen molar-refractivity contribution in [1.82, 2.24) is 25.9 Å². The fourth-order valence-corrected chi connectivity index (χ4v) is 2.62. The molecule has 0 spiro atoms. The van der Waals surface area contributed by atoms with Crippen LogP contribution in [0.4, 0.5) is 0 Å². The van der Waals surface area contributed by atoms with Gasteiger partial charge in [-0.3, -0.25) is 14.4 Å². The molecular formula is C18H31N7O6. The first-order valence-corrected chi connectivity index (χ1v) is 9.87. The minimum atomic E-state index is -1.42. The predicted octanol–water partition coefficient (Wildman–Crippen LogP) is -3.04. The number of carboxylic acids is 1. The molecule has 0 aliphatic rings. The highest BCUT2D eigenvalue weighted by Crippen LogP contribution is 2.03. The summed E-state index contributed by atoms with van der Waals surface area (Å²) in [6, 6.07) is -4.56. The zero-order chi connectivity index (χ0) is 23.4. The van der Waals surface area contributed by atoms with Crippen LogP contribution in [0.1, 0.15) is 31.9 Å². The van der Waals surface area contributed by atoms with Crippen LogP contribution in [-0.4, -0.2) is 81.2 Å². The Morgan fingerprint density at radius 3 is 2.19 bits per heavy atom. The fraction of sp³-hybridized carbons (Fsp3) is 0.611. The molecule has 0 saturated heterocycles. The number of aliphatic carboxylic acids is 1. The fourth-order valence-electron chi connectivity index (χ4n) is 2.62. The summed E-state index contributed by atoms with van der Waals surface area (Å²) in [4.78, 5) is 55.0. The van der Waals surface area contributed by atoms with E-state index >= 15 is 0 Å². The van der Waals surface area contributed by atoms with Gasteiger partial charge in [0.1, 0.15) is 18.1 Å². The summed E-state index contributed by atoms with van der Waals surface area (Å²) in [5, 5.41) is 26.0. The number of carboxylic acid groups (broad SMARTS) is 1. The van der Waals surface area contributed by atoms with Gasteiger partial charge in [-0.2, -0.15) is 0 Å². The van der Waals surface area contributed by atoms with E-state index in [1.54, 1.807) is 0 Å². The van der Waals surface area contributed by atoms with Gasteiger partial charge in [-0.25, -0.2) is 9.78 Å². The number of carbonyl (C=O) groups is 4. The predicted molar refractivity (Wildman–Crippen MR) is 109 cm³/mol. The Balaban J connectivity index is 2.79. The van der Waals surface area contributed by atoms with Crippen LogP contribution < -0.4 is 27.4 Å². The first kappa shape index (κ1) is 26.0. The number of carbonyl (C=O) groups excluding carboxylic acids is 3. The number of H-pyrrole nitrogens is 1. The lowest BCUT2D eigenvalue weighted by Crippen LogP contribution is -2.58. The van der Waals surface area contributed by atoms with Crippen molar-refractivity contribution in [3.8, 4) is 0 Å². The van der Waals surface area contributed by atoms with E-state index < -0.39 is 54.5 Å². The summed E-state index contributed by atoms with van der Waals surface area (Å²) >= 11 is 0. The number of nitrogens with zero attached hydrogens (tertiary/aromatic N) is 1. The monoisotopic (exact) mass is 441 g/mol. The molecule has 0 aliphatic carbocycles. The molecule has 1 heterocycles. The third-order valence-electron chi connectivity index (χ3n) is 4.40.